The van der Waals surface area contributed by atoms with Gasteiger partial charge in [0.25, 0.3) is 0 Å². The quantitative estimate of drug-likeness (QED) is 0.868. The van der Waals surface area contributed by atoms with Gasteiger partial charge in [0.2, 0.25) is 11.8 Å². The number of aryl methyl sites for hydroxylation is 2. The molecule has 0 unspecified atom stereocenters. The minimum Gasteiger partial charge on any atom is -0.325 e. The number of para-hydroxylation sites is 1. The summed E-state index contributed by atoms with van der Waals surface area (Å²) in [5, 5.41) is 2.34. The highest BCUT2D eigenvalue weighted by atomic mass is 19.4. The number of amides is 2. The second-order valence-corrected chi connectivity index (χ2v) is 6.78. The summed E-state index contributed by atoms with van der Waals surface area (Å²) in [6, 6.07) is 10.5. The molecule has 1 aliphatic heterocycles. The van der Waals surface area contributed by atoms with Crippen molar-refractivity contribution in [3.8, 4) is 0 Å². The highest BCUT2D eigenvalue weighted by Crippen LogP contribution is 2.35. The number of hydrogen-bond acceptors (Lipinski definition) is 2. The number of hydrogen-bond donors (Lipinski definition) is 1. The first-order valence-corrected chi connectivity index (χ1v) is 8.51. The van der Waals surface area contributed by atoms with Crippen molar-refractivity contribution in [2.75, 3.05) is 16.8 Å². The second-order valence-electron chi connectivity index (χ2n) is 6.78. The third kappa shape index (κ3) is 4.13. The third-order valence-electron chi connectivity index (χ3n) is 4.50. The molecule has 4 nitrogen and oxygen atoms in total. The van der Waals surface area contributed by atoms with Gasteiger partial charge in [-0.15, -0.1) is 0 Å². The van der Waals surface area contributed by atoms with E-state index in [4.69, 9.17) is 0 Å². The van der Waals surface area contributed by atoms with Crippen molar-refractivity contribution >= 4 is 23.2 Å². The first-order chi connectivity index (χ1) is 12.6. The molecule has 0 aromatic heterocycles. The van der Waals surface area contributed by atoms with Crippen LogP contribution in [0.5, 0.6) is 0 Å². The van der Waals surface area contributed by atoms with Gasteiger partial charge in [0.05, 0.1) is 17.2 Å². The van der Waals surface area contributed by atoms with E-state index in [1.165, 1.54) is 23.1 Å². The van der Waals surface area contributed by atoms with Crippen molar-refractivity contribution < 1.29 is 22.8 Å². The molecule has 3 rings (SSSR count). The normalized spacial score (nSPS) is 17.3. The van der Waals surface area contributed by atoms with Crippen molar-refractivity contribution in [1.82, 2.24) is 0 Å². The Bertz CT molecular complexity index is 873. The molecule has 27 heavy (non-hydrogen) atoms. The number of carbonyl (C=O) groups is 2. The zero-order valence-electron chi connectivity index (χ0n) is 14.9. The van der Waals surface area contributed by atoms with E-state index in [-0.39, 0.29) is 24.6 Å². The molecular formula is C20H19F3N2O2. The van der Waals surface area contributed by atoms with Crippen LogP contribution in [-0.4, -0.2) is 18.4 Å². The minimum absolute atomic E-state index is 0.0347. The summed E-state index contributed by atoms with van der Waals surface area (Å²) in [4.78, 5) is 26.4. The molecule has 1 aliphatic rings. The molecule has 2 aromatic carbocycles. The predicted molar refractivity (Wildman–Crippen MR) is 96.4 cm³/mol. The summed E-state index contributed by atoms with van der Waals surface area (Å²) < 4.78 is 39.3. The highest BCUT2D eigenvalue weighted by Gasteiger charge is 2.37. The predicted octanol–water partition coefficient (Wildman–Crippen LogP) is 4.31. The number of halogens is 3. The molecule has 142 valence electrons. The average molecular weight is 376 g/mol. The smallest absolute Gasteiger partial charge is 0.325 e. The molecule has 0 saturated carbocycles. The number of nitrogens with one attached hydrogen (secondary N) is 1. The van der Waals surface area contributed by atoms with Crippen LogP contribution in [0.2, 0.25) is 0 Å². The van der Waals surface area contributed by atoms with Crippen LogP contribution >= 0.6 is 0 Å². The lowest BCUT2D eigenvalue weighted by Crippen LogP contribution is -2.28. The zero-order valence-corrected chi connectivity index (χ0v) is 14.9. The molecule has 2 amide bonds. The van der Waals surface area contributed by atoms with Gasteiger partial charge in [0.1, 0.15) is 0 Å². The van der Waals surface area contributed by atoms with Crippen molar-refractivity contribution in [2.24, 2.45) is 5.92 Å². The molecule has 1 saturated heterocycles. The Hall–Kier alpha value is -2.83. The number of benzene rings is 2. The fourth-order valence-corrected chi connectivity index (χ4v) is 3.31. The Morgan fingerprint density at radius 1 is 1.11 bits per heavy atom. The van der Waals surface area contributed by atoms with Gasteiger partial charge in [-0.25, -0.2) is 0 Å². The van der Waals surface area contributed by atoms with Crippen molar-refractivity contribution in [3.05, 3.63) is 59.2 Å². The van der Waals surface area contributed by atoms with Gasteiger partial charge in [-0.2, -0.15) is 13.2 Å². The topological polar surface area (TPSA) is 49.4 Å². The number of anilines is 2. The Labute approximate surface area is 155 Å². The van der Waals surface area contributed by atoms with Crippen molar-refractivity contribution in [1.29, 1.82) is 0 Å². The van der Waals surface area contributed by atoms with Gasteiger partial charge in [0, 0.05) is 18.7 Å². The molecule has 1 fully saturated rings. The molecule has 1 heterocycles. The lowest BCUT2D eigenvalue weighted by molar-refractivity contribution is -0.137. The van der Waals surface area contributed by atoms with Gasteiger partial charge >= 0.3 is 6.18 Å². The Morgan fingerprint density at radius 3 is 2.37 bits per heavy atom. The van der Waals surface area contributed by atoms with Crippen LogP contribution in [-0.2, 0) is 15.8 Å². The van der Waals surface area contributed by atoms with Crippen LogP contribution in [0, 0.1) is 19.8 Å². The Kier molecular flexibility index (Phi) is 4.95. The largest absolute Gasteiger partial charge is 0.418 e. The number of alkyl halides is 3. The summed E-state index contributed by atoms with van der Waals surface area (Å²) in [6.07, 6.45) is -4.60. The van der Waals surface area contributed by atoms with Crippen LogP contribution in [0.3, 0.4) is 0 Å². The summed E-state index contributed by atoms with van der Waals surface area (Å²) in [6.45, 7) is 3.96. The second kappa shape index (κ2) is 7.06. The van der Waals surface area contributed by atoms with Crippen LogP contribution in [0.15, 0.2) is 42.5 Å². The van der Waals surface area contributed by atoms with E-state index in [0.29, 0.717) is 5.69 Å². The van der Waals surface area contributed by atoms with Gasteiger partial charge < -0.3 is 10.2 Å². The molecule has 2 aromatic rings. The van der Waals surface area contributed by atoms with E-state index in [1.807, 2.05) is 32.0 Å². The maximum absolute atomic E-state index is 13.1. The van der Waals surface area contributed by atoms with Gasteiger partial charge in [-0.05, 0) is 49.2 Å². The van der Waals surface area contributed by atoms with Crippen molar-refractivity contribution in [3.63, 3.8) is 0 Å². The summed E-state index contributed by atoms with van der Waals surface area (Å²) in [7, 11) is 0. The Morgan fingerprint density at radius 2 is 1.74 bits per heavy atom. The van der Waals surface area contributed by atoms with Crippen LogP contribution in [0.4, 0.5) is 24.5 Å². The van der Waals surface area contributed by atoms with E-state index >= 15 is 0 Å². The van der Waals surface area contributed by atoms with E-state index in [9.17, 15) is 22.8 Å². The minimum atomic E-state index is -4.57. The fraction of sp³-hybridized carbons (Fsp3) is 0.300. The first kappa shape index (κ1) is 18.9. The number of nitrogens with zero attached hydrogens (tertiary/aromatic N) is 1. The van der Waals surface area contributed by atoms with Crippen LogP contribution < -0.4 is 10.2 Å². The average Bonchev–Trinajstić information content (AvgIpc) is 2.95. The maximum atomic E-state index is 13.1. The number of rotatable bonds is 3. The molecule has 7 heteroatoms. The highest BCUT2D eigenvalue weighted by molar-refractivity contribution is 6.03. The molecule has 0 radical (unpaired) electrons. The van der Waals surface area contributed by atoms with E-state index in [2.05, 4.69) is 5.32 Å². The Balaban J connectivity index is 1.77. The van der Waals surface area contributed by atoms with E-state index in [0.717, 1.165) is 17.2 Å². The standard InChI is InChI=1S/C20H19F3N2O2/c1-12-7-13(2)9-15(8-12)25-11-14(10-18(25)26)19(27)24-17-6-4-3-5-16(17)20(21,22)23/h3-9,14H,10-11H2,1-2H3,(H,24,27)/t14-/m1/s1. The monoisotopic (exact) mass is 376 g/mol. The van der Waals surface area contributed by atoms with Crippen LogP contribution in [0.25, 0.3) is 0 Å². The first-order valence-electron chi connectivity index (χ1n) is 8.51. The maximum Gasteiger partial charge on any atom is 0.418 e. The number of carbonyl (C=O) groups excluding carboxylic acids is 2. The molecule has 0 bridgehead atoms. The van der Waals surface area contributed by atoms with Crippen molar-refractivity contribution in [2.45, 2.75) is 26.4 Å². The third-order valence-corrected chi connectivity index (χ3v) is 4.50. The van der Waals surface area contributed by atoms with Crippen LogP contribution in [0.1, 0.15) is 23.1 Å². The van der Waals surface area contributed by atoms with E-state index < -0.39 is 23.6 Å². The molecule has 1 atom stereocenters. The van der Waals surface area contributed by atoms with Gasteiger partial charge in [-0.1, -0.05) is 18.2 Å². The summed E-state index contributed by atoms with van der Waals surface area (Å²) >= 11 is 0. The lowest BCUT2D eigenvalue weighted by Gasteiger charge is -2.18. The van der Waals surface area contributed by atoms with Gasteiger partial charge in [-0.3, -0.25) is 9.59 Å². The molecule has 0 aliphatic carbocycles. The van der Waals surface area contributed by atoms with Gasteiger partial charge in [0.15, 0.2) is 0 Å². The molecule has 1 N–H and O–H groups in total. The summed E-state index contributed by atoms with van der Waals surface area (Å²) in [5.74, 6) is -1.52. The zero-order chi connectivity index (χ0) is 19.8. The lowest BCUT2D eigenvalue weighted by atomic mass is 10.1. The van der Waals surface area contributed by atoms with E-state index in [1.54, 1.807) is 0 Å². The summed E-state index contributed by atoms with van der Waals surface area (Å²) in [5.41, 5.74) is 1.47. The molecular weight excluding hydrogens is 357 g/mol. The SMILES string of the molecule is Cc1cc(C)cc(N2C[C@H](C(=O)Nc3ccccc3C(F)(F)F)CC2=O)c1. The fourth-order valence-electron chi connectivity index (χ4n) is 3.31. The molecule has 0 spiro atoms.